The van der Waals surface area contributed by atoms with Gasteiger partial charge in [0.1, 0.15) is 5.75 Å². The number of amides is 2. The lowest BCUT2D eigenvalue weighted by molar-refractivity contribution is -0.120. The molecule has 0 aliphatic carbocycles. The van der Waals surface area contributed by atoms with Crippen molar-refractivity contribution in [3.63, 3.8) is 0 Å². The van der Waals surface area contributed by atoms with Crippen molar-refractivity contribution in [1.82, 2.24) is 5.43 Å². The fraction of sp³-hybridized carbons (Fsp3) is 0.176. The van der Waals surface area contributed by atoms with Gasteiger partial charge in [-0.05, 0) is 36.2 Å². The van der Waals surface area contributed by atoms with Crippen LogP contribution in [0.1, 0.15) is 15.9 Å². The number of benzene rings is 2. The maximum Gasteiger partial charge on any atom is 0.265 e. The molecule has 3 rings (SSSR count). The summed E-state index contributed by atoms with van der Waals surface area (Å²) in [5.74, 6) is 5.04. The van der Waals surface area contributed by atoms with Gasteiger partial charge < -0.3 is 9.64 Å². The van der Waals surface area contributed by atoms with Crippen LogP contribution in [0.15, 0.2) is 48.5 Å². The molecule has 1 heterocycles. The first-order valence-electron chi connectivity index (χ1n) is 7.31. The number of hydrogen-bond acceptors (Lipinski definition) is 4. The Kier molecular flexibility index (Phi) is 4.25. The van der Waals surface area contributed by atoms with Gasteiger partial charge >= 0.3 is 0 Å². The zero-order valence-corrected chi connectivity index (χ0v) is 12.5. The molecule has 0 aromatic heterocycles. The standard InChI is InChI=1S/C17H17N3O3/c18-19-17(22)13-5-3-6-14(10-13)23-11-16(21)20-9-8-12-4-1-2-7-15(12)20/h1-7,10H,8-9,11,18H2,(H,19,22). The highest BCUT2D eigenvalue weighted by molar-refractivity contribution is 5.96. The van der Waals surface area contributed by atoms with Gasteiger partial charge in [0.25, 0.3) is 11.8 Å². The van der Waals surface area contributed by atoms with Crippen LogP contribution in [0, 0.1) is 0 Å². The minimum atomic E-state index is -0.407. The molecular weight excluding hydrogens is 294 g/mol. The van der Waals surface area contributed by atoms with Crippen LogP contribution in [0.2, 0.25) is 0 Å². The lowest BCUT2D eigenvalue weighted by Crippen LogP contribution is -2.33. The number of nitrogens with one attached hydrogen (secondary N) is 1. The molecule has 23 heavy (non-hydrogen) atoms. The number of nitrogens with two attached hydrogens (primary N) is 1. The number of nitrogen functional groups attached to an aromatic ring is 1. The van der Waals surface area contributed by atoms with E-state index < -0.39 is 5.91 Å². The van der Waals surface area contributed by atoms with Gasteiger partial charge in [-0.2, -0.15) is 0 Å². The summed E-state index contributed by atoms with van der Waals surface area (Å²) in [5, 5.41) is 0. The van der Waals surface area contributed by atoms with Crippen LogP contribution in [0.4, 0.5) is 5.69 Å². The number of hydrogen-bond donors (Lipinski definition) is 2. The molecule has 0 saturated heterocycles. The van der Waals surface area contributed by atoms with E-state index in [9.17, 15) is 9.59 Å². The molecule has 0 atom stereocenters. The van der Waals surface area contributed by atoms with Gasteiger partial charge in [0, 0.05) is 17.8 Å². The predicted molar refractivity (Wildman–Crippen MR) is 86.1 cm³/mol. The van der Waals surface area contributed by atoms with Gasteiger partial charge in [-0.1, -0.05) is 24.3 Å². The number of hydrazine groups is 1. The molecule has 1 aliphatic heterocycles. The Hall–Kier alpha value is -2.86. The molecule has 2 amide bonds. The Morgan fingerprint density at radius 3 is 2.83 bits per heavy atom. The number of carbonyl (C=O) groups is 2. The molecule has 0 spiro atoms. The smallest absolute Gasteiger partial charge is 0.265 e. The average molecular weight is 311 g/mol. The van der Waals surface area contributed by atoms with E-state index in [1.807, 2.05) is 24.3 Å². The van der Waals surface area contributed by atoms with Crippen LogP contribution in [-0.4, -0.2) is 25.0 Å². The van der Waals surface area contributed by atoms with Crippen molar-refractivity contribution in [3.05, 3.63) is 59.7 Å². The van der Waals surface area contributed by atoms with Crippen LogP contribution in [0.3, 0.4) is 0 Å². The fourth-order valence-corrected chi connectivity index (χ4v) is 2.63. The molecule has 6 heteroatoms. The molecule has 0 saturated carbocycles. The Balaban J connectivity index is 1.65. The summed E-state index contributed by atoms with van der Waals surface area (Å²) in [4.78, 5) is 25.6. The van der Waals surface area contributed by atoms with Gasteiger partial charge in [-0.3, -0.25) is 15.0 Å². The second-order valence-corrected chi connectivity index (χ2v) is 5.21. The summed E-state index contributed by atoms with van der Waals surface area (Å²) in [5.41, 5.74) is 4.55. The van der Waals surface area contributed by atoms with Gasteiger partial charge in [0.2, 0.25) is 0 Å². The molecule has 2 aromatic rings. The molecule has 3 N–H and O–H groups in total. The summed E-state index contributed by atoms with van der Waals surface area (Å²) in [7, 11) is 0. The highest BCUT2D eigenvalue weighted by Crippen LogP contribution is 2.27. The quantitative estimate of drug-likeness (QED) is 0.506. The molecule has 1 aliphatic rings. The molecule has 0 fully saturated rings. The summed E-state index contributed by atoms with van der Waals surface area (Å²) < 4.78 is 5.52. The second kappa shape index (κ2) is 6.50. The van der Waals surface area contributed by atoms with Crippen molar-refractivity contribution >= 4 is 17.5 Å². The zero-order valence-electron chi connectivity index (χ0n) is 12.5. The van der Waals surface area contributed by atoms with E-state index in [0.29, 0.717) is 17.9 Å². The Labute approximate surface area is 133 Å². The van der Waals surface area contributed by atoms with Crippen molar-refractivity contribution in [2.45, 2.75) is 6.42 Å². The van der Waals surface area contributed by atoms with Crippen LogP contribution < -0.4 is 20.9 Å². The first-order valence-corrected chi connectivity index (χ1v) is 7.31. The van der Waals surface area contributed by atoms with Gasteiger partial charge in [-0.25, -0.2) is 5.84 Å². The van der Waals surface area contributed by atoms with Crippen LogP contribution in [0.25, 0.3) is 0 Å². The Morgan fingerprint density at radius 2 is 2.00 bits per heavy atom. The lowest BCUT2D eigenvalue weighted by atomic mass is 10.2. The van der Waals surface area contributed by atoms with Crippen molar-refractivity contribution in [3.8, 4) is 5.75 Å². The van der Waals surface area contributed by atoms with Gasteiger partial charge in [0.05, 0.1) is 0 Å². The Bertz CT molecular complexity index is 745. The van der Waals surface area contributed by atoms with Gasteiger partial charge in [0.15, 0.2) is 6.61 Å². The van der Waals surface area contributed by atoms with Crippen molar-refractivity contribution in [2.75, 3.05) is 18.1 Å². The molecular formula is C17H17N3O3. The third-order valence-corrected chi connectivity index (χ3v) is 3.78. The second-order valence-electron chi connectivity index (χ2n) is 5.21. The van der Waals surface area contributed by atoms with E-state index in [1.165, 1.54) is 5.56 Å². The van der Waals surface area contributed by atoms with Crippen molar-refractivity contribution in [1.29, 1.82) is 0 Å². The van der Waals surface area contributed by atoms with E-state index in [-0.39, 0.29) is 12.5 Å². The monoisotopic (exact) mass is 311 g/mol. The van der Waals surface area contributed by atoms with E-state index in [1.54, 1.807) is 29.2 Å². The van der Waals surface area contributed by atoms with Gasteiger partial charge in [-0.15, -0.1) is 0 Å². The van der Waals surface area contributed by atoms with Crippen molar-refractivity contribution < 1.29 is 14.3 Å². The summed E-state index contributed by atoms with van der Waals surface area (Å²) in [6, 6.07) is 14.4. The first-order chi connectivity index (χ1) is 11.2. The minimum Gasteiger partial charge on any atom is -0.484 e. The number of rotatable bonds is 4. The van der Waals surface area contributed by atoms with Crippen molar-refractivity contribution in [2.24, 2.45) is 5.84 Å². The number of anilines is 1. The predicted octanol–water partition coefficient (Wildman–Crippen LogP) is 1.26. The van der Waals surface area contributed by atoms with Crippen LogP contribution in [-0.2, 0) is 11.2 Å². The maximum atomic E-state index is 12.4. The average Bonchev–Trinajstić information content (AvgIpc) is 3.03. The number of fused-ring (bicyclic) bond motifs is 1. The molecule has 0 radical (unpaired) electrons. The molecule has 0 bridgehead atoms. The minimum absolute atomic E-state index is 0.0813. The third kappa shape index (κ3) is 3.17. The fourth-order valence-electron chi connectivity index (χ4n) is 2.63. The molecule has 0 unspecified atom stereocenters. The summed E-state index contributed by atoms with van der Waals surface area (Å²) in [6.45, 7) is 0.583. The Morgan fingerprint density at radius 1 is 1.17 bits per heavy atom. The number of nitrogens with zero attached hydrogens (tertiary/aromatic N) is 1. The maximum absolute atomic E-state index is 12.4. The van der Waals surface area contributed by atoms with Crippen LogP contribution >= 0.6 is 0 Å². The third-order valence-electron chi connectivity index (χ3n) is 3.78. The summed E-state index contributed by atoms with van der Waals surface area (Å²) >= 11 is 0. The first kappa shape index (κ1) is 15.1. The number of para-hydroxylation sites is 1. The highest BCUT2D eigenvalue weighted by Gasteiger charge is 2.24. The van der Waals surface area contributed by atoms with E-state index >= 15 is 0 Å². The van der Waals surface area contributed by atoms with E-state index in [2.05, 4.69) is 5.43 Å². The van der Waals surface area contributed by atoms with Crippen LogP contribution in [0.5, 0.6) is 5.75 Å². The molecule has 118 valence electrons. The lowest BCUT2D eigenvalue weighted by Gasteiger charge is -2.17. The normalized spacial score (nSPS) is 12.7. The largest absolute Gasteiger partial charge is 0.484 e. The number of carbonyl (C=O) groups excluding carboxylic acids is 2. The van der Waals surface area contributed by atoms with E-state index in [0.717, 1.165) is 12.1 Å². The number of ether oxygens (including phenoxy) is 1. The molecule has 6 nitrogen and oxygen atoms in total. The highest BCUT2D eigenvalue weighted by atomic mass is 16.5. The van der Waals surface area contributed by atoms with E-state index in [4.69, 9.17) is 10.6 Å². The topological polar surface area (TPSA) is 84.7 Å². The zero-order chi connectivity index (χ0) is 16.2. The SMILES string of the molecule is NNC(=O)c1cccc(OCC(=O)N2CCc3ccccc32)c1. The summed E-state index contributed by atoms with van der Waals surface area (Å²) in [6.07, 6.45) is 0.855. The molecule has 2 aromatic carbocycles.